The van der Waals surface area contributed by atoms with Crippen molar-refractivity contribution in [1.82, 2.24) is 10.3 Å². The Balaban J connectivity index is 2.32. The van der Waals surface area contributed by atoms with Gasteiger partial charge in [-0.05, 0) is 30.7 Å². The van der Waals surface area contributed by atoms with Crippen LogP contribution in [0.4, 0.5) is 0 Å². The van der Waals surface area contributed by atoms with Crippen molar-refractivity contribution >= 4 is 5.57 Å². The monoisotopic (exact) mass is 185 g/mol. The molecule has 1 N–H and O–H groups in total. The van der Waals surface area contributed by atoms with E-state index in [2.05, 4.69) is 22.4 Å². The summed E-state index contributed by atoms with van der Waals surface area (Å²) in [6.45, 7) is 1.89. The second-order valence-electron chi connectivity index (χ2n) is 3.20. The van der Waals surface area contributed by atoms with Crippen LogP contribution in [0.1, 0.15) is 17.8 Å². The van der Waals surface area contributed by atoms with Gasteiger partial charge in [-0.2, -0.15) is 5.26 Å². The Morgan fingerprint density at radius 1 is 1.43 bits per heavy atom. The largest absolute Gasteiger partial charge is 0.313 e. The molecule has 3 nitrogen and oxygen atoms in total. The molecule has 1 aromatic heterocycles. The highest BCUT2D eigenvalue weighted by molar-refractivity contribution is 5.63. The van der Waals surface area contributed by atoms with E-state index in [1.165, 1.54) is 5.57 Å². The molecule has 2 rings (SSSR count). The van der Waals surface area contributed by atoms with E-state index in [0.717, 1.165) is 25.2 Å². The van der Waals surface area contributed by atoms with E-state index in [1.54, 1.807) is 6.07 Å². The molecule has 70 valence electrons. The Kier molecular flexibility index (Phi) is 2.57. The standard InChI is InChI=1S/C11H11N3/c12-8-10-2-1-3-11(14-10)9-4-6-13-7-5-9/h1-4,13H,5-7H2. The first-order valence-corrected chi connectivity index (χ1v) is 4.67. The zero-order valence-electron chi connectivity index (χ0n) is 7.83. The van der Waals surface area contributed by atoms with Crippen molar-refractivity contribution in [2.75, 3.05) is 13.1 Å². The quantitative estimate of drug-likeness (QED) is 0.718. The molecule has 0 bridgehead atoms. The SMILES string of the molecule is N#Cc1cccc(C2=CCNCC2)n1. The summed E-state index contributed by atoms with van der Waals surface area (Å²) < 4.78 is 0. The molecular weight excluding hydrogens is 174 g/mol. The number of aromatic nitrogens is 1. The summed E-state index contributed by atoms with van der Waals surface area (Å²) in [5.41, 5.74) is 2.66. The minimum absolute atomic E-state index is 0.488. The third-order valence-electron chi connectivity index (χ3n) is 2.26. The summed E-state index contributed by atoms with van der Waals surface area (Å²) >= 11 is 0. The molecule has 0 spiro atoms. The highest BCUT2D eigenvalue weighted by Gasteiger charge is 2.06. The minimum Gasteiger partial charge on any atom is -0.313 e. The third-order valence-corrected chi connectivity index (χ3v) is 2.26. The van der Waals surface area contributed by atoms with E-state index < -0.39 is 0 Å². The highest BCUT2D eigenvalue weighted by atomic mass is 14.9. The molecule has 0 atom stereocenters. The van der Waals surface area contributed by atoms with E-state index in [-0.39, 0.29) is 0 Å². The molecule has 1 aromatic rings. The van der Waals surface area contributed by atoms with E-state index in [0.29, 0.717) is 5.69 Å². The summed E-state index contributed by atoms with van der Waals surface area (Å²) in [5, 5.41) is 12.0. The van der Waals surface area contributed by atoms with Crippen LogP contribution in [0, 0.1) is 11.3 Å². The van der Waals surface area contributed by atoms with Gasteiger partial charge in [-0.1, -0.05) is 12.1 Å². The normalized spacial score (nSPS) is 15.8. The van der Waals surface area contributed by atoms with Crippen LogP contribution in [-0.2, 0) is 0 Å². The Hall–Kier alpha value is -1.66. The number of rotatable bonds is 1. The average Bonchev–Trinajstić information content (AvgIpc) is 2.30. The van der Waals surface area contributed by atoms with E-state index in [1.807, 2.05) is 12.1 Å². The second kappa shape index (κ2) is 4.03. The number of nitrogens with zero attached hydrogens (tertiary/aromatic N) is 2. The molecule has 1 aliphatic heterocycles. The lowest BCUT2D eigenvalue weighted by Crippen LogP contribution is -2.20. The van der Waals surface area contributed by atoms with Crippen molar-refractivity contribution in [1.29, 1.82) is 5.26 Å². The maximum atomic E-state index is 8.72. The van der Waals surface area contributed by atoms with Crippen molar-refractivity contribution in [2.24, 2.45) is 0 Å². The van der Waals surface area contributed by atoms with Crippen molar-refractivity contribution in [3.63, 3.8) is 0 Å². The van der Waals surface area contributed by atoms with Gasteiger partial charge in [0.2, 0.25) is 0 Å². The van der Waals surface area contributed by atoms with Crippen molar-refractivity contribution < 1.29 is 0 Å². The fourth-order valence-corrected chi connectivity index (χ4v) is 1.53. The predicted octanol–water partition coefficient (Wildman–Crippen LogP) is 1.33. The van der Waals surface area contributed by atoms with Crippen LogP contribution in [0.5, 0.6) is 0 Å². The van der Waals surface area contributed by atoms with Gasteiger partial charge in [-0.25, -0.2) is 4.98 Å². The van der Waals surface area contributed by atoms with Crippen LogP contribution in [-0.4, -0.2) is 18.1 Å². The first-order chi connectivity index (χ1) is 6.90. The maximum absolute atomic E-state index is 8.72. The molecule has 0 unspecified atom stereocenters. The van der Waals surface area contributed by atoms with E-state index >= 15 is 0 Å². The Morgan fingerprint density at radius 2 is 2.36 bits per heavy atom. The van der Waals surface area contributed by atoms with Crippen LogP contribution in [0.25, 0.3) is 5.57 Å². The van der Waals surface area contributed by atoms with E-state index in [9.17, 15) is 0 Å². The smallest absolute Gasteiger partial charge is 0.141 e. The van der Waals surface area contributed by atoms with Crippen LogP contribution in [0.2, 0.25) is 0 Å². The van der Waals surface area contributed by atoms with Crippen LogP contribution in [0.15, 0.2) is 24.3 Å². The number of nitrogens with one attached hydrogen (secondary N) is 1. The maximum Gasteiger partial charge on any atom is 0.141 e. The molecule has 0 saturated heterocycles. The molecule has 0 saturated carbocycles. The average molecular weight is 185 g/mol. The van der Waals surface area contributed by atoms with Gasteiger partial charge in [0.05, 0.1) is 5.69 Å². The molecule has 14 heavy (non-hydrogen) atoms. The van der Waals surface area contributed by atoms with Gasteiger partial charge in [-0.15, -0.1) is 0 Å². The highest BCUT2D eigenvalue weighted by Crippen LogP contribution is 2.17. The summed E-state index contributed by atoms with van der Waals surface area (Å²) in [4.78, 5) is 4.26. The fraction of sp³-hybridized carbons (Fsp3) is 0.273. The van der Waals surface area contributed by atoms with Gasteiger partial charge in [0, 0.05) is 6.54 Å². The Morgan fingerprint density at radius 3 is 3.07 bits per heavy atom. The molecule has 0 aliphatic carbocycles. The summed E-state index contributed by atoms with van der Waals surface area (Å²) in [6.07, 6.45) is 3.12. The molecule has 3 heteroatoms. The zero-order valence-corrected chi connectivity index (χ0v) is 7.83. The predicted molar refractivity (Wildman–Crippen MR) is 54.4 cm³/mol. The molecular formula is C11H11N3. The molecule has 1 aliphatic rings. The Bertz CT molecular complexity index is 401. The van der Waals surface area contributed by atoms with Crippen molar-refractivity contribution in [3.8, 4) is 6.07 Å². The molecule has 0 fully saturated rings. The molecule has 0 radical (unpaired) electrons. The van der Waals surface area contributed by atoms with Crippen molar-refractivity contribution in [2.45, 2.75) is 6.42 Å². The van der Waals surface area contributed by atoms with Gasteiger partial charge in [-0.3, -0.25) is 0 Å². The van der Waals surface area contributed by atoms with Gasteiger partial charge in [0.25, 0.3) is 0 Å². The van der Waals surface area contributed by atoms with E-state index in [4.69, 9.17) is 5.26 Å². The second-order valence-corrected chi connectivity index (χ2v) is 3.20. The fourth-order valence-electron chi connectivity index (χ4n) is 1.53. The van der Waals surface area contributed by atoms with Crippen molar-refractivity contribution in [3.05, 3.63) is 35.7 Å². The van der Waals surface area contributed by atoms with Gasteiger partial charge in [0.15, 0.2) is 0 Å². The van der Waals surface area contributed by atoms with Crippen LogP contribution in [0.3, 0.4) is 0 Å². The van der Waals surface area contributed by atoms with Gasteiger partial charge < -0.3 is 5.32 Å². The lowest BCUT2D eigenvalue weighted by molar-refractivity contribution is 0.736. The lowest BCUT2D eigenvalue weighted by Gasteiger charge is -2.13. The topological polar surface area (TPSA) is 48.7 Å². The van der Waals surface area contributed by atoms with Crippen LogP contribution < -0.4 is 5.32 Å². The summed E-state index contributed by atoms with van der Waals surface area (Å²) in [6, 6.07) is 7.61. The van der Waals surface area contributed by atoms with Crippen LogP contribution >= 0.6 is 0 Å². The minimum atomic E-state index is 0.488. The molecule has 0 amide bonds. The number of hydrogen-bond donors (Lipinski definition) is 1. The first-order valence-electron chi connectivity index (χ1n) is 4.67. The number of pyridine rings is 1. The zero-order chi connectivity index (χ0) is 9.80. The molecule has 0 aromatic carbocycles. The Labute approximate surface area is 83.1 Å². The summed E-state index contributed by atoms with van der Waals surface area (Å²) in [5.74, 6) is 0. The molecule has 2 heterocycles. The van der Waals surface area contributed by atoms with Gasteiger partial charge in [0.1, 0.15) is 11.8 Å². The number of hydrogen-bond acceptors (Lipinski definition) is 3. The number of nitriles is 1. The lowest BCUT2D eigenvalue weighted by atomic mass is 10.1. The first kappa shape index (κ1) is 8.92. The third kappa shape index (κ3) is 1.81. The summed E-state index contributed by atoms with van der Waals surface area (Å²) in [7, 11) is 0. The van der Waals surface area contributed by atoms with Gasteiger partial charge >= 0.3 is 0 Å².